The number of fused-ring (bicyclic) bond motifs is 6. The van der Waals surface area contributed by atoms with E-state index in [-0.39, 0.29) is 10.8 Å². The first-order valence-electron chi connectivity index (χ1n) is 23.7. The lowest BCUT2D eigenvalue weighted by Crippen LogP contribution is -2.16. The van der Waals surface area contributed by atoms with Crippen LogP contribution in [0.1, 0.15) is 78.0 Å². The second-order valence-corrected chi connectivity index (χ2v) is 20.8. The first-order valence-corrected chi connectivity index (χ1v) is 23.7. The zero-order valence-electron chi connectivity index (χ0n) is 39.5. The topological polar surface area (TPSA) is 32.8 Å². The molecule has 10 aromatic carbocycles. The molecule has 0 bridgehead atoms. The number of hydrogen-bond donors (Lipinski definition) is 0. The van der Waals surface area contributed by atoms with E-state index in [4.69, 9.17) is 8.83 Å². The number of hydrogen-bond acceptors (Lipinski definition) is 4. The summed E-state index contributed by atoms with van der Waals surface area (Å²) < 4.78 is 13.8. The molecule has 0 aliphatic rings. The largest absolute Gasteiger partial charge is 0.454 e. The Morgan fingerprint density at radius 2 is 0.791 bits per heavy atom. The highest BCUT2D eigenvalue weighted by Gasteiger charge is 2.29. The van der Waals surface area contributed by atoms with Crippen molar-refractivity contribution >= 4 is 110 Å². The van der Waals surface area contributed by atoms with Crippen LogP contribution in [0.4, 0.5) is 34.1 Å². The van der Waals surface area contributed by atoms with Crippen LogP contribution in [0.5, 0.6) is 0 Å². The summed E-state index contributed by atoms with van der Waals surface area (Å²) in [6.45, 7) is 18.2. The maximum absolute atomic E-state index is 6.91. The SMILES string of the molecule is CC(C)c1cc2ccc3c(N(c4ccc(C(C)(C)C)cc4)c4cccc5c4oc4ccccc45)cc(N(c4ccc(C(C)(C)C)cc4)c4cccc5c4oc4ccccc45)c4ccc(c1)c2c34. The average Bonchev–Trinajstić information content (AvgIpc) is 3.91. The van der Waals surface area contributed by atoms with Crippen LogP contribution in [0.2, 0.25) is 0 Å². The highest BCUT2D eigenvalue weighted by Crippen LogP contribution is 2.53. The molecule has 2 heterocycles. The highest BCUT2D eigenvalue weighted by atomic mass is 16.3. The molecule has 0 atom stereocenters. The summed E-state index contributed by atoms with van der Waals surface area (Å²) in [6, 6.07) is 64.8. The second kappa shape index (κ2) is 15.0. The molecule has 4 heteroatoms. The van der Waals surface area contributed by atoms with Gasteiger partial charge < -0.3 is 18.6 Å². The average molecular weight is 871 g/mol. The van der Waals surface area contributed by atoms with E-state index in [1.807, 2.05) is 0 Å². The second-order valence-electron chi connectivity index (χ2n) is 20.8. The fourth-order valence-corrected chi connectivity index (χ4v) is 10.5. The van der Waals surface area contributed by atoms with Gasteiger partial charge in [-0.1, -0.05) is 177 Å². The lowest BCUT2D eigenvalue weighted by atomic mass is 9.86. The molecule has 12 aromatic rings. The van der Waals surface area contributed by atoms with Gasteiger partial charge in [0.1, 0.15) is 11.2 Å². The van der Waals surface area contributed by atoms with E-state index in [0.717, 1.165) is 88.8 Å². The summed E-state index contributed by atoms with van der Waals surface area (Å²) in [7, 11) is 0. The molecular weight excluding hydrogens is 817 g/mol. The predicted octanol–water partition coefficient (Wildman–Crippen LogP) is 19.0. The van der Waals surface area contributed by atoms with Crippen LogP contribution in [0.15, 0.2) is 185 Å². The minimum Gasteiger partial charge on any atom is -0.454 e. The quantitative estimate of drug-likeness (QED) is 0.149. The zero-order valence-corrected chi connectivity index (χ0v) is 39.5. The van der Waals surface area contributed by atoms with Crippen LogP contribution in [0.25, 0.3) is 76.2 Å². The number of rotatable bonds is 7. The van der Waals surface area contributed by atoms with Crippen LogP contribution >= 0.6 is 0 Å². The Morgan fingerprint density at radius 3 is 1.21 bits per heavy atom. The Labute approximate surface area is 392 Å². The van der Waals surface area contributed by atoms with Gasteiger partial charge in [-0.2, -0.15) is 0 Å². The molecule has 0 radical (unpaired) electrons. The van der Waals surface area contributed by atoms with Gasteiger partial charge in [0.15, 0.2) is 11.2 Å². The maximum Gasteiger partial charge on any atom is 0.159 e. The molecule has 0 aliphatic heterocycles. The van der Waals surface area contributed by atoms with Crippen LogP contribution in [0, 0.1) is 0 Å². The third kappa shape index (κ3) is 6.56. The Hall–Kier alpha value is -7.56. The zero-order chi connectivity index (χ0) is 45.9. The molecule has 0 aliphatic carbocycles. The summed E-state index contributed by atoms with van der Waals surface area (Å²) in [5, 5.41) is 11.6. The molecule has 2 aromatic heterocycles. The van der Waals surface area contributed by atoms with E-state index < -0.39 is 0 Å². The molecule has 328 valence electrons. The molecular formula is C63H54N2O2. The normalized spacial score (nSPS) is 12.6. The third-order valence-corrected chi connectivity index (χ3v) is 14.1. The van der Waals surface area contributed by atoms with Gasteiger partial charge in [-0.05, 0) is 104 Å². The maximum atomic E-state index is 6.91. The summed E-state index contributed by atoms with van der Waals surface area (Å²) in [6.07, 6.45) is 0. The van der Waals surface area contributed by atoms with Crippen molar-refractivity contribution in [2.24, 2.45) is 0 Å². The van der Waals surface area contributed by atoms with Crippen molar-refractivity contribution < 1.29 is 8.83 Å². The summed E-state index contributed by atoms with van der Waals surface area (Å²) >= 11 is 0. The van der Waals surface area contributed by atoms with Crippen molar-refractivity contribution in [3.63, 3.8) is 0 Å². The predicted molar refractivity (Wildman–Crippen MR) is 286 cm³/mol. The van der Waals surface area contributed by atoms with Gasteiger partial charge in [0.05, 0.1) is 22.7 Å². The monoisotopic (exact) mass is 870 g/mol. The molecule has 0 unspecified atom stereocenters. The van der Waals surface area contributed by atoms with Gasteiger partial charge in [-0.3, -0.25) is 0 Å². The Balaban J connectivity index is 1.24. The fourth-order valence-electron chi connectivity index (χ4n) is 10.5. The molecule has 0 saturated carbocycles. The lowest BCUT2D eigenvalue weighted by molar-refractivity contribution is 0.590. The fraction of sp³-hybridized carbons (Fsp3) is 0.175. The first-order chi connectivity index (χ1) is 32.3. The Bertz CT molecular complexity index is 3610. The van der Waals surface area contributed by atoms with Gasteiger partial charge in [0, 0.05) is 49.1 Å². The number of nitrogens with zero attached hydrogens (tertiary/aromatic N) is 2. The van der Waals surface area contributed by atoms with E-state index >= 15 is 0 Å². The number of anilines is 6. The standard InChI is InChI=1S/C63H54N2O2/c1-38(2)41-35-39-23-33-50-54(64(44-29-25-42(26-30-44)62(3,4)5)52-19-13-17-48-46-15-9-11-21-56(46)66-60(48)52)37-55(51-34-24-40(36-41)58(39)59(50)51)65(45-31-27-43(28-32-45)63(6,7)8)53-20-14-18-49-47-16-10-12-22-57(47)67-61(49)53/h9-38H,1-8H3. The van der Waals surface area contributed by atoms with E-state index in [1.165, 1.54) is 38.2 Å². The molecule has 4 nitrogen and oxygen atoms in total. The minimum absolute atomic E-state index is 0.0160. The third-order valence-electron chi connectivity index (χ3n) is 14.1. The van der Waals surface area contributed by atoms with Crippen molar-refractivity contribution in [2.75, 3.05) is 9.80 Å². The van der Waals surface area contributed by atoms with Crippen molar-refractivity contribution in [1.82, 2.24) is 0 Å². The van der Waals surface area contributed by atoms with Gasteiger partial charge in [0.25, 0.3) is 0 Å². The summed E-state index contributed by atoms with van der Waals surface area (Å²) in [4.78, 5) is 4.88. The van der Waals surface area contributed by atoms with E-state index in [2.05, 4.69) is 241 Å². The molecule has 12 rings (SSSR count). The lowest BCUT2D eigenvalue weighted by Gasteiger charge is -2.33. The smallest absolute Gasteiger partial charge is 0.159 e. The molecule has 0 fully saturated rings. The van der Waals surface area contributed by atoms with Crippen LogP contribution in [-0.4, -0.2) is 0 Å². The summed E-state index contributed by atoms with van der Waals surface area (Å²) in [5.41, 5.74) is 13.4. The molecule has 0 saturated heterocycles. The van der Waals surface area contributed by atoms with E-state index in [9.17, 15) is 0 Å². The Morgan fingerprint density at radius 1 is 0.373 bits per heavy atom. The molecule has 67 heavy (non-hydrogen) atoms. The van der Waals surface area contributed by atoms with Crippen molar-refractivity contribution in [3.05, 3.63) is 193 Å². The minimum atomic E-state index is -0.0160. The Kier molecular flexibility index (Phi) is 9.15. The van der Waals surface area contributed by atoms with Crippen LogP contribution in [-0.2, 0) is 10.8 Å². The first kappa shape index (κ1) is 40.9. The van der Waals surface area contributed by atoms with E-state index in [1.54, 1.807) is 0 Å². The van der Waals surface area contributed by atoms with Crippen molar-refractivity contribution in [2.45, 2.75) is 72.1 Å². The van der Waals surface area contributed by atoms with Gasteiger partial charge in [-0.25, -0.2) is 0 Å². The van der Waals surface area contributed by atoms with Gasteiger partial charge >= 0.3 is 0 Å². The van der Waals surface area contributed by atoms with Gasteiger partial charge in [0.2, 0.25) is 0 Å². The summed E-state index contributed by atoms with van der Waals surface area (Å²) in [5.74, 6) is 0.389. The van der Waals surface area contributed by atoms with Crippen LogP contribution < -0.4 is 9.80 Å². The molecule has 0 spiro atoms. The van der Waals surface area contributed by atoms with Crippen molar-refractivity contribution in [1.29, 1.82) is 0 Å². The number of para-hydroxylation sites is 4. The molecule has 0 N–H and O–H groups in total. The van der Waals surface area contributed by atoms with Gasteiger partial charge in [-0.15, -0.1) is 0 Å². The highest BCUT2D eigenvalue weighted by molar-refractivity contribution is 6.29. The van der Waals surface area contributed by atoms with Crippen molar-refractivity contribution in [3.8, 4) is 0 Å². The van der Waals surface area contributed by atoms with E-state index in [0.29, 0.717) is 5.92 Å². The number of furan rings is 2. The van der Waals surface area contributed by atoms with Crippen LogP contribution in [0.3, 0.4) is 0 Å². The number of benzene rings is 10. The molecule has 0 amide bonds.